The molecule has 3 rings (SSSR count). The number of benzene rings is 3. The molecule has 9 nitrogen and oxygen atoms in total. The van der Waals surface area contributed by atoms with Crippen molar-refractivity contribution in [3.8, 4) is 22.6 Å². The van der Waals surface area contributed by atoms with Crippen LogP contribution in [0.2, 0.25) is 0 Å². The number of nitrogens with zero attached hydrogens (tertiary/aromatic N) is 1. The van der Waals surface area contributed by atoms with Gasteiger partial charge in [0.1, 0.15) is 18.1 Å². The summed E-state index contributed by atoms with van der Waals surface area (Å²) in [7, 11) is 1.36. The number of phenolic OH excluding ortho intramolecular Hbond substituents is 1. The molecule has 0 radical (unpaired) electrons. The molecule has 0 saturated carbocycles. The maximum atomic E-state index is 11.3. The molecule has 0 heterocycles. The Bertz CT molecular complexity index is 1220. The normalized spacial score (nSPS) is 12.7. The van der Waals surface area contributed by atoms with E-state index in [1.54, 1.807) is 18.2 Å². The molecule has 0 spiro atoms. The molecule has 5 N–H and O–H groups in total. The molecule has 2 unspecified atom stereocenters. The van der Waals surface area contributed by atoms with Gasteiger partial charge in [0.05, 0.1) is 17.4 Å². The quantitative estimate of drug-likeness (QED) is 0.183. The van der Waals surface area contributed by atoms with Gasteiger partial charge in [0.25, 0.3) is 11.3 Å². The zero-order valence-corrected chi connectivity index (χ0v) is 20.9. The number of aryl methyl sites for hydroxylation is 1. The largest absolute Gasteiger partial charge is 0.506 e. The number of carbonyl (C=O) groups is 1. The topological polar surface area (TPSA) is 140 Å². The average molecular weight is 515 g/mol. The number of ether oxygens (including phenoxy) is 1. The summed E-state index contributed by atoms with van der Waals surface area (Å²) in [6.07, 6.45) is -0.253. The van der Waals surface area contributed by atoms with Crippen molar-refractivity contribution in [2.45, 2.75) is 19.4 Å². The fourth-order valence-electron chi connectivity index (χ4n) is 3.70. The van der Waals surface area contributed by atoms with Gasteiger partial charge in [0.15, 0.2) is 0 Å². The fraction of sp³-hybridized carbons (Fsp3) is 0.269. The molecule has 0 aliphatic heterocycles. The van der Waals surface area contributed by atoms with Gasteiger partial charge in [-0.1, -0.05) is 37.3 Å². The lowest BCUT2D eigenvalue weighted by Crippen LogP contribution is -2.26. The maximum absolute atomic E-state index is 11.3. The number of phenols is 1. The summed E-state index contributed by atoms with van der Waals surface area (Å²) in [6, 6.07) is 17.2. The second-order valence-electron chi connectivity index (χ2n) is 8.10. The molecule has 36 heavy (non-hydrogen) atoms. The first-order valence-corrected chi connectivity index (χ1v) is 12.4. The minimum absolute atomic E-state index is 0.142. The van der Waals surface area contributed by atoms with Crippen LogP contribution in [0.3, 0.4) is 0 Å². The lowest BCUT2D eigenvalue weighted by atomic mass is 9.98. The summed E-state index contributed by atoms with van der Waals surface area (Å²) < 4.78 is 27.2. The zero-order valence-electron chi connectivity index (χ0n) is 20.0. The molecular formula is C26H30N2O7S. The molecular weight excluding hydrogens is 484 g/mol. The predicted molar refractivity (Wildman–Crippen MR) is 139 cm³/mol. The highest BCUT2D eigenvalue weighted by Crippen LogP contribution is 2.30. The number of aliphatic hydroxyl groups excluding tert-OH is 1. The van der Waals surface area contributed by atoms with E-state index in [1.807, 2.05) is 37.3 Å². The van der Waals surface area contributed by atoms with Crippen LogP contribution in [0.25, 0.3) is 11.1 Å². The van der Waals surface area contributed by atoms with Gasteiger partial charge in [-0.15, -0.1) is 0 Å². The second kappa shape index (κ2) is 12.5. The van der Waals surface area contributed by atoms with E-state index in [0.717, 1.165) is 21.0 Å². The standard InChI is InChI=1S/C26H30N2O7S/c1-3-17-14-19(6-10-22(17)26(31)32)18-4-8-21(9-5-18)35-13-12-27-16-25(30)20-7-11-24(29)23(15-20)28(2)36(33)34/h4-11,14-15,25,27,29-30H,3,12-13,16H2,1-2H3,(H,31,32)(H,33,34). The lowest BCUT2D eigenvalue weighted by Gasteiger charge is -2.18. The number of rotatable bonds is 12. The van der Waals surface area contributed by atoms with Crippen molar-refractivity contribution in [1.29, 1.82) is 0 Å². The third-order valence-electron chi connectivity index (χ3n) is 5.75. The van der Waals surface area contributed by atoms with Crippen LogP contribution >= 0.6 is 0 Å². The minimum atomic E-state index is -2.30. The number of hydrogen-bond acceptors (Lipinski definition) is 6. The number of carboxylic acids is 1. The van der Waals surface area contributed by atoms with E-state index in [2.05, 4.69) is 5.32 Å². The van der Waals surface area contributed by atoms with Gasteiger partial charge in [-0.25, -0.2) is 9.00 Å². The molecule has 10 heteroatoms. The zero-order chi connectivity index (χ0) is 26.2. The highest BCUT2D eigenvalue weighted by molar-refractivity contribution is 7.80. The predicted octanol–water partition coefficient (Wildman–Crippen LogP) is 3.59. The van der Waals surface area contributed by atoms with E-state index in [9.17, 15) is 28.9 Å². The van der Waals surface area contributed by atoms with Crippen molar-refractivity contribution >= 4 is 22.9 Å². The lowest BCUT2D eigenvalue weighted by molar-refractivity contribution is 0.0695. The van der Waals surface area contributed by atoms with Crippen molar-refractivity contribution in [2.24, 2.45) is 0 Å². The van der Waals surface area contributed by atoms with Gasteiger partial charge < -0.3 is 25.4 Å². The van der Waals surface area contributed by atoms with Crippen molar-refractivity contribution in [2.75, 3.05) is 31.0 Å². The number of aliphatic hydroxyl groups is 1. The summed E-state index contributed by atoms with van der Waals surface area (Å²) in [4.78, 5) is 11.3. The number of nitrogens with one attached hydrogen (secondary N) is 1. The van der Waals surface area contributed by atoms with Crippen molar-refractivity contribution in [3.05, 3.63) is 77.4 Å². The van der Waals surface area contributed by atoms with Gasteiger partial charge in [0.2, 0.25) is 0 Å². The fourth-order valence-corrected chi connectivity index (χ4v) is 4.01. The Labute approximate surface area is 212 Å². The van der Waals surface area contributed by atoms with Crippen LogP contribution in [-0.4, -0.2) is 56.8 Å². The molecule has 3 aromatic rings. The summed E-state index contributed by atoms with van der Waals surface area (Å²) in [5, 5.41) is 32.7. The van der Waals surface area contributed by atoms with E-state index in [-0.39, 0.29) is 18.0 Å². The summed E-state index contributed by atoms with van der Waals surface area (Å²) in [6.45, 7) is 2.99. The molecule has 0 bridgehead atoms. The smallest absolute Gasteiger partial charge is 0.335 e. The van der Waals surface area contributed by atoms with Crippen LogP contribution in [-0.2, 0) is 17.7 Å². The molecule has 0 saturated heterocycles. The molecule has 0 fully saturated rings. The SMILES string of the molecule is CCc1cc(-c2ccc(OCCNCC(O)c3ccc(O)c(N(C)S(=O)O)c3)cc2)ccc1C(=O)O. The van der Waals surface area contributed by atoms with E-state index in [4.69, 9.17) is 4.74 Å². The van der Waals surface area contributed by atoms with E-state index in [0.29, 0.717) is 36.4 Å². The van der Waals surface area contributed by atoms with Crippen LogP contribution in [0.15, 0.2) is 60.7 Å². The van der Waals surface area contributed by atoms with Gasteiger partial charge in [-0.2, -0.15) is 0 Å². The third-order valence-corrected chi connectivity index (χ3v) is 6.41. The van der Waals surface area contributed by atoms with Crippen LogP contribution in [0, 0.1) is 0 Å². The van der Waals surface area contributed by atoms with Crippen molar-refractivity contribution in [1.82, 2.24) is 5.32 Å². The Balaban J connectivity index is 1.49. The summed E-state index contributed by atoms with van der Waals surface area (Å²) in [5.74, 6) is -0.406. The summed E-state index contributed by atoms with van der Waals surface area (Å²) in [5.41, 5.74) is 3.63. The first kappa shape index (κ1) is 27.2. The molecule has 0 aliphatic carbocycles. The van der Waals surface area contributed by atoms with Crippen LogP contribution < -0.4 is 14.4 Å². The van der Waals surface area contributed by atoms with Crippen LogP contribution in [0.4, 0.5) is 5.69 Å². The molecule has 0 aliphatic rings. The number of aromatic hydroxyl groups is 1. The highest BCUT2D eigenvalue weighted by atomic mass is 32.2. The highest BCUT2D eigenvalue weighted by Gasteiger charge is 2.15. The number of carboxylic acid groups (broad SMARTS) is 1. The Morgan fingerprint density at radius 1 is 1.08 bits per heavy atom. The van der Waals surface area contributed by atoms with Crippen LogP contribution in [0.5, 0.6) is 11.5 Å². The Morgan fingerprint density at radius 3 is 2.42 bits per heavy atom. The maximum Gasteiger partial charge on any atom is 0.335 e. The first-order chi connectivity index (χ1) is 17.2. The number of anilines is 1. The number of hydrogen-bond donors (Lipinski definition) is 5. The first-order valence-electron chi connectivity index (χ1n) is 11.4. The average Bonchev–Trinajstić information content (AvgIpc) is 2.88. The Morgan fingerprint density at radius 2 is 1.78 bits per heavy atom. The molecule has 192 valence electrons. The van der Waals surface area contributed by atoms with Crippen molar-refractivity contribution in [3.63, 3.8) is 0 Å². The van der Waals surface area contributed by atoms with Gasteiger partial charge >= 0.3 is 5.97 Å². The molecule has 3 aromatic carbocycles. The van der Waals surface area contributed by atoms with Crippen LogP contribution in [0.1, 0.15) is 34.5 Å². The van der Waals surface area contributed by atoms with Crippen molar-refractivity contribution < 1.29 is 33.6 Å². The van der Waals surface area contributed by atoms with E-state index in [1.165, 1.54) is 19.2 Å². The monoisotopic (exact) mass is 514 g/mol. The van der Waals surface area contributed by atoms with Gasteiger partial charge in [0, 0.05) is 20.1 Å². The molecule has 2 atom stereocenters. The van der Waals surface area contributed by atoms with Gasteiger partial charge in [-0.3, -0.25) is 8.86 Å². The Hall–Kier alpha value is -3.44. The summed E-state index contributed by atoms with van der Waals surface area (Å²) >= 11 is -2.30. The minimum Gasteiger partial charge on any atom is -0.506 e. The number of aromatic carboxylic acids is 1. The molecule has 0 aromatic heterocycles. The van der Waals surface area contributed by atoms with Gasteiger partial charge in [-0.05, 0) is 59.0 Å². The third kappa shape index (κ3) is 6.82. The van der Waals surface area contributed by atoms with E-state index >= 15 is 0 Å². The Kier molecular flexibility index (Phi) is 9.43. The van der Waals surface area contributed by atoms with E-state index < -0.39 is 23.3 Å². The molecule has 0 amide bonds. The second-order valence-corrected chi connectivity index (χ2v) is 9.11.